The van der Waals surface area contributed by atoms with Gasteiger partial charge < -0.3 is 0 Å². The summed E-state index contributed by atoms with van der Waals surface area (Å²) < 4.78 is 14.6. The molecule has 1 heteroatoms. The third kappa shape index (κ3) is 0.761. The van der Waals surface area contributed by atoms with E-state index in [0.717, 1.165) is 24.9 Å². The van der Waals surface area contributed by atoms with Gasteiger partial charge in [-0.25, -0.2) is 0 Å². The second-order valence-electron chi connectivity index (χ2n) is 1.46. The average Bonchev–Trinajstić information content (AvgIpc) is 1.84. The summed E-state index contributed by atoms with van der Waals surface area (Å²) in [5.41, 5.74) is 0. The molecule has 0 bridgehead atoms. The van der Waals surface area contributed by atoms with Crippen LogP contribution in [-0.4, -0.2) is 11.9 Å². The molecular formula is C4H10Si. The van der Waals surface area contributed by atoms with Crippen molar-refractivity contribution in [3.63, 3.8) is 0 Å². The topological polar surface area (TPSA) is 0 Å². The maximum atomic E-state index is 7.29. The van der Waals surface area contributed by atoms with Crippen molar-refractivity contribution >= 4 is 9.38 Å². The Labute approximate surface area is 37.9 Å². The molecule has 1 rings (SSSR count). The number of hydrogen-bond acceptors (Lipinski definition) is 0. The lowest BCUT2D eigenvalue weighted by atomic mass is 10.4. The van der Waals surface area contributed by atoms with Gasteiger partial charge in [0.05, 0.1) is 0 Å². The highest BCUT2D eigenvalue weighted by Gasteiger charge is 1.96. The predicted octanol–water partition coefficient (Wildman–Crippen LogP) is 0.786. The first-order valence-electron chi connectivity index (χ1n) is 3.21. The first kappa shape index (κ1) is 1.78. The van der Waals surface area contributed by atoms with Crippen molar-refractivity contribution in [1.29, 1.82) is 2.47 Å². The Morgan fingerprint density at radius 2 is 2.00 bits per heavy atom. The van der Waals surface area contributed by atoms with Crippen molar-refractivity contribution in [3.05, 3.63) is 0 Å². The predicted molar refractivity (Wildman–Crippen MR) is 27.4 cm³/mol. The highest BCUT2D eigenvalue weighted by Crippen LogP contribution is 2.09. The molecule has 0 unspecified atom stereocenters. The van der Waals surface area contributed by atoms with Crippen molar-refractivity contribution in [2.24, 2.45) is 0 Å². The Morgan fingerprint density at radius 1 is 1.40 bits per heavy atom. The van der Waals surface area contributed by atoms with Crippen LogP contribution in [0.2, 0.25) is 12.1 Å². The molecule has 0 spiro atoms. The number of hydrogen-bond donors (Lipinski definition) is 0. The molecule has 0 aromatic carbocycles. The van der Waals surface area contributed by atoms with E-state index in [9.17, 15) is 0 Å². The second kappa shape index (κ2) is 1.60. The summed E-state index contributed by atoms with van der Waals surface area (Å²) in [4.78, 5) is 0. The van der Waals surface area contributed by atoms with Crippen molar-refractivity contribution in [2.45, 2.75) is 24.9 Å². The summed E-state index contributed by atoms with van der Waals surface area (Å²) in [6, 6.07) is 1.85. The van der Waals surface area contributed by atoms with E-state index < -0.39 is 9.38 Å². The van der Waals surface area contributed by atoms with Gasteiger partial charge >= 0.3 is 0 Å². The molecule has 0 atom stereocenters. The standard InChI is InChI=1S/C4H10Si/c1-2-4-5-3-1/h1-5H2/i5D2. The minimum absolute atomic E-state index is 0.924. The quantitative estimate of drug-likeness (QED) is 0.384. The van der Waals surface area contributed by atoms with Crippen LogP contribution in [-0.2, 0) is 0 Å². The molecule has 1 saturated heterocycles. The van der Waals surface area contributed by atoms with Gasteiger partial charge in [-0.15, -0.1) is 0 Å². The molecule has 0 aromatic heterocycles. The van der Waals surface area contributed by atoms with Crippen LogP contribution in [0.5, 0.6) is 0 Å². The largest absolute Gasteiger partial charge is 0.0628 e. The summed E-state index contributed by atoms with van der Waals surface area (Å²) in [7, 11) is -2.04. The highest BCUT2D eigenvalue weighted by molar-refractivity contribution is 6.36. The van der Waals surface area contributed by atoms with Crippen LogP contribution in [0, 0.1) is 0 Å². The minimum Gasteiger partial charge on any atom is -0.0628 e. The normalized spacial score (nSPS) is 40.0. The lowest BCUT2D eigenvalue weighted by Gasteiger charge is -1.68. The van der Waals surface area contributed by atoms with Gasteiger partial charge in [-0.05, 0) is 0 Å². The SMILES string of the molecule is [2H][Si]1([2H])CCCC1. The molecule has 0 nitrogen and oxygen atoms in total. The minimum atomic E-state index is -2.04. The smallest absolute Gasteiger partial charge is 0.0197 e. The van der Waals surface area contributed by atoms with Crippen LogP contribution in [0.15, 0.2) is 0 Å². The van der Waals surface area contributed by atoms with Crippen molar-refractivity contribution in [1.82, 2.24) is 0 Å². The first-order chi connectivity index (χ1) is 3.21. The molecule has 5 heavy (non-hydrogen) atoms. The molecule has 0 aliphatic carbocycles. The van der Waals surface area contributed by atoms with Gasteiger partial charge in [0, 0.05) is 11.9 Å². The third-order valence-corrected chi connectivity index (χ3v) is 2.37. The van der Waals surface area contributed by atoms with Gasteiger partial charge in [0.2, 0.25) is 0 Å². The summed E-state index contributed by atoms with van der Waals surface area (Å²) in [6.45, 7) is 0. The molecule has 1 fully saturated rings. The summed E-state index contributed by atoms with van der Waals surface area (Å²) in [6.07, 6.45) is 2.30. The van der Waals surface area contributed by atoms with Gasteiger partial charge in [0.15, 0.2) is 0 Å². The third-order valence-electron chi connectivity index (χ3n) is 0.957. The van der Waals surface area contributed by atoms with Crippen LogP contribution < -0.4 is 0 Å². The Bertz CT molecular complexity index is 64.1. The summed E-state index contributed by atoms with van der Waals surface area (Å²) >= 11 is 0. The van der Waals surface area contributed by atoms with Crippen LogP contribution in [0.4, 0.5) is 0 Å². The van der Waals surface area contributed by atoms with Crippen molar-refractivity contribution < 1.29 is 0 Å². The van der Waals surface area contributed by atoms with Crippen LogP contribution in [0.3, 0.4) is 0 Å². The van der Waals surface area contributed by atoms with E-state index in [1.165, 1.54) is 0 Å². The zero-order chi connectivity index (χ0) is 5.33. The molecule has 0 aromatic rings. The monoisotopic (exact) mass is 88.1 g/mol. The van der Waals surface area contributed by atoms with E-state index in [4.69, 9.17) is 2.47 Å². The van der Waals surface area contributed by atoms with Crippen molar-refractivity contribution in [3.8, 4) is 0 Å². The lowest BCUT2D eigenvalue weighted by Crippen LogP contribution is -1.68. The average molecular weight is 88.2 g/mol. The van der Waals surface area contributed by atoms with Gasteiger partial charge in [-0.3, -0.25) is 0 Å². The Kier molecular flexibility index (Phi) is 0.571. The van der Waals surface area contributed by atoms with Gasteiger partial charge in [0.25, 0.3) is 0 Å². The van der Waals surface area contributed by atoms with E-state index in [-0.39, 0.29) is 0 Å². The Balaban J connectivity index is 2.40. The van der Waals surface area contributed by atoms with Crippen LogP contribution in [0.1, 0.15) is 12.8 Å². The molecule has 1 aliphatic rings. The van der Waals surface area contributed by atoms with E-state index in [0.29, 0.717) is 0 Å². The maximum Gasteiger partial charge on any atom is 0.0197 e. The van der Waals surface area contributed by atoms with Gasteiger partial charge in [0.1, 0.15) is 0 Å². The molecule has 30 valence electrons. The first-order valence-corrected chi connectivity index (χ1v) is 3.62. The van der Waals surface area contributed by atoms with Crippen LogP contribution >= 0.6 is 0 Å². The lowest BCUT2D eigenvalue weighted by molar-refractivity contribution is 0.935. The van der Waals surface area contributed by atoms with E-state index in [1.807, 2.05) is 0 Å². The molecule has 0 saturated carbocycles. The molecular weight excluding hydrogens is 76.1 g/mol. The van der Waals surface area contributed by atoms with E-state index >= 15 is 0 Å². The number of rotatable bonds is 0. The van der Waals surface area contributed by atoms with Gasteiger partial charge in [-0.2, -0.15) is 0 Å². The molecule has 0 amide bonds. The summed E-state index contributed by atoms with van der Waals surface area (Å²) in [5, 5.41) is 0. The fourth-order valence-corrected chi connectivity index (χ4v) is 1.87. The fraction of sp³-hybridized carbons (Fsp3) is 1.00. The van der Waals surface area contributed by atoms with E-state index in [2.05, 4.69) is 0 Å². The Hall–Kier alpha value is 0.217. The van der Waals surface area contributed by atoms with Crippen molar-refractivity contribution in [2.75, 3.05) is 0 Å². The van der Waals surface area contributed by atoms with Gasteiger partial charge in [-0.1, -0.05) is 24.9 Å². The maximum absolute atomic E-state index is 7.29. The molecule has 1 heterocycles. The fourth-order valence-electron chi connectivity index (χ4n) is 0.625. The molecule has 0 N–H and O–H groups in total. The zero-order valence-electron chi connectivity index (χ0n) is 5.33. The zero-order valence-corrected chi connectivity index (χ0v) is 4.33. The Morgan fingerprint density at radius 3 is 2.20 bits per heavy atom. The van der Waals surface area contributed by atoms with E-state index in [1.54, 1.807) is 0 Å². The molecule has 1 aliphatic heterocycles. The van der Waals surface area contributed by atoms with Crippen LogP contribution in [0.25, 0.3) is 0 Å². The second-order valence-corrected chi connectivity index (χ2v) is 2.96. The summed E-state index contributed by atoms with van der Waals surface area (Å²) in [5.74, 6) is 0. The molecule has 0 radical (unpaired) electrons. The highest BCUT2D eigenvalue weighted by atomic mass is 28.2.